The maximum Gasteiger partial charge on any atom is 0.269 e. The van der Waals surface area contributed by atoms with Crippen molar-refractivity contribution in [2.45, 2.75) is 0 Å². The molecule has 2 heterocycles. The summed E-state index contributed by atoms with van der Waals surface area (Å²) in [6.45, 7) is 0. The summed E-state index contributed by atoms with van der Waals surface area (Å²) < 4.78 is 6.00. The van der Waals surface area contributed by atoms with E-state index in [9.17, 15) is 4.79 Å². The lowest BCUT2D eigenvalue weighted by atomic mass is 10.2. The zero-order valence-electron chi connectivity index (χ0n) is 13.8. The zero-order chi connectivity index (χ0) is 19.0. The molecular weight excluding hydrogens is 425 g/mol. The number of aromatic nitrogens is 2. The van der Waals surface area contributed by atoms with E-state index in [-0.39, 0.29) is 5.91 Å². The van der Waals surface area contributed by atoms with Gasteiger partial charge in [-0.15, -0.1) is 21.5 Å². The number of methoxy groups -OCH3 is 1. The molecule has 1 N–H and O–H groups in total. The molecule has 0 aliphatic rings. The number of hydrogen-bond acceptors (Lipinski definition) is 6. The number of halogens is 2. The van der Waals surface area contributed by atoms with Crippen LogP contribution >= 0.6 is 45.9 Å². The van der Waals surface area contributed by atoms with Crippen molar-refractivity contribution in [3.05, 3.63) is 57.4 Å². The second-order valence-electron chi connectivity index (χ2n) is 5.45. The van der Waals surface area contributed by atoms with E-state index in [0.717, 1.165) is 16.0 Å². The van der Waals surface area contributed by atoms with E-state index >= 15 is 0 Å². The van der Waals surface area contributed by atoms with Crippen LogP contribution in [0.3, 0.4) is 0 Å². The second kappa shape index (κ2) is 7.44. The van der Waals surface area contributed by atoms with Gasteiger partial charge in [0.1, 0.15) is 15.6 Å². The molecule has 9 heteroatoms. The summed E-state index contributed by atoms with van der Waals surface area (Å²) in [5.41, 5.74) is 0.889. The largest absolute Gasteiger partial charge is 0.497 e. The molecule has 4 aromatic rings. The minimum Gasteiger partial charge on any atom is -0.497 e. The number of carbonyl (C=O) groups is 1. The summed E-state index contributed by atoms with van der Waals surface area (Å²) >= 11 is 15.1. The van der Waals surface area contributed by atoms with Crippen LogP contribution in [0, 0.1) is 0 Å². The summed E-state index contributed by atoms with van der Waals surface area (Å²) in [6.07, 6.45) is 0. The molecule has 0 fully saturated rings. The van der Waals surface area contributed by atoms with Crippen molar-refractivity contribution in [2.24, 2.45) is 0 Å². The minimum atomic E-state index is -0.338. The molecule has 0 atom stereocenters. The third kappa shape index (κ3) is 3.51. The third-order valence-electron chi connectivity index (χ3n) is 3.79. The van der Waals surface area contributed by atoms with Crippen LogP contribution in [-0.4, -0.2) is 23.2 Å². The number of benzene rings is 2. The summed E-state index contributed by atoms with van der Waals surface area (Å²) in [5.74, 6) is 0.421. The van der Waals surface area contributed by atoms with Gasteiger partial charge in [-0.2, -0.15) is 0 Å². The van der Waals surface area contributed by atoms with Crippen molar-refractivity contribution >= 4 is 67.0 Å². The Labute approximate surface area is 172 Å². The molecule has 2 aromatic carbocycles. The topological polar surface area (TPSA) is 64.1 Å². The number of carbonyl (C=O) groups excluding carboxylic acids is 1. The number of thiophene rings is 1. The van der Waals surface area contributed by atoms with Gasteiger partial charge in [-0.3, -0.25) is 10.1 Å². The summed E-state index contributed by atoms with van der Waals surface area (Å²) in [6, 6.07) is 12.9. The van der Waals surface area contributed by atoms with Crippen molar-refractivity contribution in [2.75, 3.05) is 12.4 Å². The lowest BCUT2D eigenvalue weighted by molar-refractivity contribution is 0.103. The molecule has 0 saturated heterocycles. The Bertz CT molecular complexity index is 1140. The number of amides is 1. The number of fused-ring (bicyclic) bond motifs is 1. The number of ether oxygens (including phenoxy) is 1. The van der Waals surface area contributed by atoms with E-state index in [2.05, 4.69) is 15.5 Å². The lowest BCUT2D eigenvalue weighted by Gasteiger charge is -2.00. The fourth-order valence-corrected chi connectivity index (χ4v) is 5.09. The van der Waals surface area contributed by atoms with Crippen molar-refractivity contribution in [1.29, 1.82) is 0 Å². The van der Waals surface area contributed by atoms with Crippen LogP contribution in [0.2, 0.25) is 10.0 Å². The van der Waals surface area contributed by atoms with Crippen LogP contribution in [0.15, 0.2) is 42.5 Å². The summed E-state index contributed by atoms with van der Waals surface area (Å²) in [5, 5.41) is 13.6. The van der Waals surface area contributed by atoms with Crippen LogP contribution in [0.1, 0.15) is 9.67 Å². The quantitative estimate of drug-likeness (QED) is 0.427. The van der Waals surface area contributed by atoms with Crippen molar-refractivity contribution in [3.8, 4) is 16.3 Å². The van der Waals surface area contributed by atoms with Gasteiger partial charge < -0.3 is 4.74 Å². The molecule has 0 unspecified atom stereocenters. The third-order valence-corrected chi connectivity index (χ3v) is 6.64. The van der Waals surface area contributed by atoms with E-state index in [1.54, 1.807) is 13.2 Å². The first kappa shape index (κ1) is 18.2. The molecule has 0 aliphatic carbocycles. The molecule has 2 aromatic heterocycles. The molecule has 0 aliphatic heterocycles. The summed E-state index contributed by atoms with van der Waals surface area (Å²) in [4.78, 5) is 13.0. The van der Waals surface area contributed by atoms with Gasteiger partial charge in [-0.05, 0) is 36.4 Å². The normalized spacial score (nSPS) is 10.9. The first-order valence-corrected chi connectivity index (χ1v) is 10.1. The number of anilines is 1. The monoisotopic (exact) mass is 435 g/mol. The first-order chi connectivity index (χ1) is 13.1. The molecule has 0 bridgehead atoms. The standard InChI is InChI=1S/C18H11Cl2N3O2S2/c1-25-10-7-5-9(6-8-10)17-22-23-18(27-17)21-16(24)15-14(20)13-11(19)3-2-4-12(13)26-15/h2-8H,1H3,(H,21,23,24). The highest BCUT2D eigenvalue weighted by molar-refractivity contribution is 7.22. The number of nitrogens with zero attached hydrogens (tertiary/aromatic N) is 2. The van der Waals surface area contributed by atoms with Gasteiger partial charge in [0.25, 0.3) is 5.91 Å². The van der Waals surface area contributed by atoms with Crippen molar-refractivity contribution in [1.82, 2.24) is 10.2 Å². The van der Waals surface area contributed by atoms with E-state index in [4.69, 9.17) is 27.9 Å². The molecule has 5 nitrogen and oxygen atoms in total. The average Bonchev–Trinajstić information content (AvgIpc) is 3.27. The molecule has 0 radical (unpaired) electrons. The Morgan fingerprint density at radius 2 is 1.85 bits per heavy atom. The van der Waals surface area contributed by atoms with Crippen LogP contribution in [0.25, 0.3) is 20.7 Å². The van der Waals surface area contributed by atoms with Crippen molar-refractivity contribution in [3.63, 3.8) is 0 Å². The Hall–Kier alpha value is -2.19. The maximum atomic E-state index is 12.6. The van der Waals surface area contributed by atoms with Crippen LogP contribution in [-0.2, 0) is 0 Å². The van der Waals surface area contributed by atoms with Crippen molar-refractivity contribution < 1.29 is 9.53 Å². The van der Waals surface area contributed by atoms with Gasteiger partial charge in [0.05, 0.1) is 17.2 Å². The fraction of sp³-hybridized carbons (Fsp3) is 0.0556. The average molecular weight is 436 g/mol. The lowest BCUT2D eigenvalue weighted by Crippen LogP contribution is -2.10. The van der Waals surface area contributed by atoms with Crippen LogP contribution in [0.5, 0.6) is 5.75 Å². The molecule has 27 heavy (non-hydrogen) atoms. The Balaban J connectivity index is 1.58. The smallest absolute Gasteiger partial charge is 0.269 e. The van der Waals surface area contributed by atoms with Gasteiger partial charge in [0.15, 0.2) is 0 Å². The van der Waals surface area contributed by atoms with Gasteiger partial charge >= 0.3 is 0 Å². The highest BCUT2D eigenvalue weighted by Gasteiger charge is 2.20. The Morgan fingerprint density at radius 3 is 2.56 bits per heavy atom. The SMILES string of the molecule is COc1ccc(-c2nnc(NC(=O)c3sc4cccc(Cl)c4c3Cl)s2)cc1. The van der Waals surface area contributed by atoms with Gasteiger partial charge in [0, 0.05) is 15.6 Å². The number of rotatable bonds is 4. The van der Waals surface area contributed by atoms with E-state index in [1.807, 2.05) is 36.4 Å². The van der Waals surface area contributed by atoms with E-state index in [0.29, 0.717) is 30.4 Å². The zero-order valence-corrected chi connectivity index (χ0v) is 17.0. The molecule has 1 amide bonds. The summed E-state index contributed by atoms with van der Waals surface area (Å²) in [7, 11) is 1.61. The Morgan fingerprint density at radius 1 is 1.07 bits per heavy atom. The molecule has 136 valence electrons. The highest BCUT2D eigenvalue weighted by Crippen LogP contribution is 2.39. The van der Waals surface area contributed by atoms with E-state index < -0.39 is 0 Å². The number of nitrogens with one attached hydrogen (secondary N) is 1. The molecule has 0 spiro atoms. The maximum absolute atomic E-state index is 12.6. The predicted molar refractivity (Wildman–Crippen MR) is 112 cm³/mol. The second-order valence-corrected chi connectivity index (χ2v) is 8.27. The minimum absolute atomic E-state index is 0.338. The van der Waals surface area contributed by atoms with E-state index in [1.165, 1.54) is 22.7 Å². The van der Waals surface area contributed by atoms with Gasteiger partial charge in [-0.25, -0.2) is 0 Å². The van der Waals surface area contributed by atoms with Gasteiger partial charge in [-0.1, -0.05) is 40.6 Å². The van der Waals surface area contributed by atoms with Crippen LogP contribution < -0.4 is 10.1 Å². The molecular formula is C18H11Cl2N3O2S2. The van der Waals surface area contributed by atoms with Gasteiger partial charge in [0.2, 0.25) is 5.13 Å². The highest BCUT2D eigenvalue weighted by atomic mass is 35.5. The number of hydrogen-bond donors (Lipinski definition) is 1. The Kier molecular flexibility index (Phi) is 5.01. The molecule has 4 rings (SSSR count). The van der Waals surface area contributed by atoms with Crippen LogP contribution in [0.4, 0.5) is 5.13 Å². The fourth-order valence-electron chi connectivity index (χ4n) is 2.49. The first-order valence-electron chi connectivity index (χ1n) is 7.72. The molecule has 0 saturated carbocycles. The predicted octanol–water partition coefficient (Wildman–Crippen LogP) is 5.99.